The van der Waals surface area contributed by atoms with Crippen LogP contribution in [-0.4, -0.2) is 19.6 Å². The molecule has 0 saturated carbocycles. The summed E-state index contributed by atoms with van der Waals surface area (Å²) in [5.74, 6) is 0.899. The van der Waals surface area contributed by atoms with Crippen molar-refractivity contribution >= 4 is 6.08 Å². The van der Waals surface area contributed by atoms with Crippen molar-refractivity contribution in [3.8, 4) is 6.07 Å². The van der Waals surface area contributed by atoms with Gasteiger partial charge in [0.2, 0.25) is 5.88 Å². The summed E-state index contributed by atoms with van der Waals surface area (Å²) in [6.45, 7) is 4.92. The van der Waals surface area contributed by atoms with Crippen molar-refractivity contribution in [3.63, 3.8) is 0 Å². The minimum Gasteiger partial charge on any atom is -0.440 e. The molecule has 0 radical (unpaired) electrons. The van der Waals surface area contributed by atoms with E-state index in [0.29, 0.717) is 5.57 Å². The number of nitrogens with zero attached hydrogens (tertiary/aromatic N) is 1. The molecule has 140 valence electrons. The third kappa shape index (κ3) is 3.33. The highest BCUT2D eigenvalue weighted by molar-refractivity contribution is 5.62. The number of rotatable bonds is 3. The Hall–Kier alpha value is -3.29. The predicted octanol–water partition coefficient (Wildman–Crippen LogP) is 2.75. The molecule has 2 heterocycles. The maximum atomic E-state index is 9.80. The Morgan fingerprint density at radius 2 is 1.79 bits per heavy atom. The molecule has 1 unspecified atom stereocenters. The average molecular weight is 370 g/mol. The number of likely N-dealkylation sites (N-methyl/N-ethyl adjacent to an activating group) is 1. The number of quaternary nitrogens is 1. The summed E-state index contributed by atoms with van der Waals surface area (Å²) < 4.78 is 6.06. The monoisotopic (exact) mass is 370 g/mol. The maximum Gasteiger partial charge on any atom is 0.205 e. The lowest BCUT2D eigenvalue weighted by atomic mass is 9.80. The molecule has 4 heteroatoms. The highest BCUT2D eigenvalue weighted by Crippen LogP contribution is 2.41. The van der Waals surface area contributed by atoms with Crippen molar-refractivity contribution < 1.29 is 9.64 Å². The first-order valence-electron chi connectivity index (χ1n) is 9.66. The number of ether oxygens (including phenoxy) is 1. The van der Waals surface area contributed by atoms with Crippen molar-refractivity contribution in [2.24, 2.45) is 5.73 Å². The number of nitriles is 1. The molecule has 0 bridgehead atoms. The van der Waals surface area contributed by atoms with Crippen LogP contribution in [0.2, 0.25) is 0 Å². The van der Waals surface area contributed by atoms with E-state index < -0.39 is 0 Å². The summed E-state index contributed by atoms with van der Waals surface area (Å²) in [5.41, 5.74) is 11.2. The number of benzene rings is 2. The zero-order valence-electron chi connectivity index (χ0n) is 16.0. The smallest absolute Gasteiger partial charge is 0.205 e. The Morgan fingerprint density at radius 1 is 1.11 bits per heavy atom. The molecule has 0 saturated heterocycles. The van der Waals surface area contributed by atoms with E-state index in [0.717, 1.165) is 47.7 Å². The molecule has 0 spiro atoms. The second-order valence-electron chi connectivity index (χ2n) is 7.23. The Bertz CT molecular complexity index is 997. The van der Waals surface area contributed by atoms with Gasteiger partial charge in [-0.3, -0.25) is 0 Å². The van der Waals surface area contributed by atoms with Gasteiger partial charge in [0, 0.05) is 11.1 Å². The van der Waals surface area contributed by atoms with Crippen LogP contribution in [0.4, 0.5) is 0 Å². The molecule has 4 rings (SSSR count). The minimum absolute atomic E-state index is 0.157. The van der Waals surface area contributed by atoms with E-state index in [9.17, 15) is 5.26 Å². The summed E-state index contributed by atoms with van der Waals surface area (Å²) in [6.07, 6.45) is 2.18. The second kappa shape index (κ2) is 7.75. The first-order chi connectivity index (χ1) is 13.7. The van der Waals surface area contributed by atoms with E-state index in [-0.39, 0.29) is 11.8 Å². The van der Waals surface area contributed by atoms with E-state index in [4.69, 9.17) is 10.5 Å². The van der Waals surface area contributed by atoms with Gasteiger partial charge in [0.25, 0.3) is 0 Å². The molecule has 3 N–H and O–H groups in total. The van der Waals surface area contributed by atoms with Crippen LogP contribution in [0.15, 0.2) is 89.0 Å². The topological polar surface area (TPSA) is 63.5 Å². The summed E-state index contributed by atoms with van der Waals surface area (Å²) in [5, 5.41) is 9.80. The predicted molar refractivity (Wildman–Crippen MR) is 110 cm³/mol. The fourth-order valence-corrected chi connectivity index (χ4v) is 4.06. The molecule has 4 nitrogen and oxygen atoms in total. The standard InChI is InChI=1S/C24H23N3O/c1-2-27-15-19(13-17-9-5-3-6-10-17)23-21(16-27)22(18-11-7-4-8-12-18)20(14-25)24(26)28-23/h3-13,22H,2,15-16,26H2,1H3/p+1/b19-13+/t22-/m0/s1. The van der Waals surface area contributed by atoms with E-state index in [1.54, 1.807) is 0 Å². The Morgan fingerprint density at radius 3 is 2.43 bits per heavy atom. The lowest BCUT2D eigenvalue weighted by Gasteiger charge is -2.35. The number of allylic oxidation sites excluding steroid dienone is 1. The first-order valence-corrected chi connectivity index (χ1v) is 9.66. The highest BCUT2D eigenvalue weighted by Gasteiger charge is 2.39. The summed E-state index contributed by atoms with van der Waals surface area (Å²) in [6, 6.07) is 22.7. The molecule has 0 fully saturated rings. The number of nitrogens with one attached hydrogen (secondary N) is 1. The maximum absolute atomic E-state index is 9.80. The average Bonchev–Trinajstić information content (AvgIpc) is 2.74. The molecular formula is C24H24N3O+. The van der Waals surface area contributed by atoms with Crippen LogP contribution in [0.3, 0.4) is 0 Å². The highest BCUT2D eigenvalue weighted by atomic mass is 16.5. The molecule has 0 aromatic heterocycles. The van der Waals surface area contributed by atoms with Gasteiger partial charge < -0.3 is 15.4 Å². The summed E-state index contributed by atoms with van der Waals surface area (Å²) >= 11 is 0. The van der Waals surface area contributed by atoms with Gasteiger partial charge in [-0.25, -0.2) is 0 Å². The van der Waals surface area contributed by atoms with Gasteiger partial charge in [-0.15, -0.1) is 0 Å². The molecule has 0 aliphatic carbocycles. The molecule has 2 aliphatic rings. The third-order valence-corrected chi connectivity index (χ3v) is 5.47. The van der Waals surface area contributed by atoms with Crippen LogP contribution >= 0.6 is 0 Å². The van der Waals surface area contributed by atoms with Crippen LogP contribution in [0, 0.1) is 11.3 Å². The van der Waals surface area contributed by atoms with Crippen LogP contribution in [0.5, 0.6) is 0 Å². The van der Waals surface area contributed by atoms with Crippen LogP contribution in [0.25, 0.3) is 6.08 Å². The van der Waals surface area contributed by atoms with Gasteiger partial charge >= 0.3 is 0 Å². The largest absolute Gasteiger partial charge is 0.440 e. The first kappa shape index (κ1) is 18.1. The Balaban J connectivity index is 1.87. The molecular weight excluding hydrogens is 346 g/mol. The Labute approximate surface area is 165 Å². The van der Waals surface area contributed by atoms with Gasteiger partial charge in [0.15, 0.2) is 0 Å². The fraction of sp³-hybridized carbons (Fsp3) is 0.208. The zero-order chi connectivity index (χ0) is 19.5. The van der Waals surface area contributed by atoms with Crippen LogP contribution in [0.1, 0.15) is 24.0 Å². The lowest BCUT2D eigenvalue weighted by Crippen LogP contribution is -3.12. The minimum atomic E-state index is -0.157. The number of nitrogens with two attached hydrogens (primary N) is 1. The van der Waals surface area contributed by atoms with Crippen molar-refractivity contribution in [2.75, 3.05) is 19.6 Å². The van der Waals surface area contributed by atoms with Crippen molar-refractivity contribution in [2.45, 2.75) is 12.8 Å². The van der Waals surface area contributed by atoms with Gasteiger partial charge in [0.05, 0.1) is 12.5 Å². The van der Waals surface area contributed by atoms with Crippen molar-refractivity contribution in [1.29, 1.82) is 5.26 Å². The van der Waals surface area contributed by atoms with Gasteiger partial charge in [-0.1, -0.05) is 60.7 Å². The van der Waals surface area contributed by atoms with E-state index in [1.807, 2.05) is 36.4 Å². The molecule has 2 aromatic carbocycles. The number of hydrogen-bond donors (Lipinski definition) is 2. The third-order valence-electron chi connectivity index (χ3n) is 5.47. The molecule has 28 heavy (non-hydrogen) atoms. The zero-order valence-corrected chi connectivity index (χ0v) is 16.0. The van der Waals surface area contributed by atoms with Crippen molar-refractivity contribution in [1.82, 2.24) is 0 Å². The number of hydrogen-bond acceptors (Lipinski definition) is 3. The fourth-order valence-electron chi connectivity index (χ4n) is 4.06. The van der Waals surface area contributed by atoms with Crippen LogP contribution < -0.4 is 10.6 Å². The SMILES string of the molecule is CC[NH+]1CC2=C(OC(N)=C(C#N)[C@@H]2c2ccccc2)/C(=C/c2ccccc2)C1. The molecule has 2 aliphatic heterocycles. The molecule has 0 amide bonds. The van der Waals surface area contributed by atoms with E-state index in [2.05, 4.69) is 43.3 Å². The Kier molecular flexibility index (Phi) is 5.01. The van der Waals surface area contributed by atoms with E-state index >= 15 is 0 Å². The lowest BCUT2D eigenvalue weighted by molar-refractivity contribution is -0.890. The quantitative estimate of drug-likeness (QED) is 0.873. The normalized spacial score (nSPS) is 23.2. The van der Waals surface area contributed by atoms with Gasteiger partial charge in [-0.05, 0) is 24.1 Å². The van der Waals surface area contributed by atoms with E-state index in [1.165, 1.54) is 4.90 Å². The van der Waals surface area contributed by atoms with Gasteiger partial charge in [-0.2, -0.15) is 5.26 Å². The second-order valence-corrected chi connectivity index (χ2v) is 7.23. The summed E-state index contributed by atoms with van der Waals surface area (Å²) in [4.78, 5) is 1.45. The van der Waals surface area contributed by atoms with Crippen molar-refractivity contribution in [3.05, 3.63) is 100 Å². The summed E-state index contributed by atoms with van der Waals surface area (Å²) in [7, 11) is 0. The molecule has 2 atom stereocenters. The van der Waals surface area contributed by atoms with Crippen LogP contribution in [-0.2, 0) is 4.74 Å². The van der Waals surface area contributed by atoms with Gasteiger partial charge in [0.1, 0.15) is 30.5 Å². The molecule has 2 aromatic rings.